The Morgan fingerprint density at radius 3 is 2.32 bits per heavy atom. The Morgan fingerprint density at radius 1 is 1.16 bits per heavy atom. The van der Waals surface area contributed by atoms with Crippen LogP contribution in [-0.4, -0.2) is 18.2 Å². The second kappa shape index (κ2) is 9.15. The van der Waals surface area contributed by atoms with Crippen molar-refractivity contribution in [1.29, 1.82) is 0 Å². The molecule has 0 atom stereocenters. The molecule has 0 fully saturated rings. The summed E-state index contributed by atoms with van der Waals surface area (Å²) in [4.78, 5) is 12.0. The van der Waals surface area contributed by atoms with Gasteiger partial charge in [-0.15, -0.1) is 0 Å². The van der Waals surface area contributed by atoms with Gasteiger partial charge in [0, 0.05) is 0 Å². The molecule has 6 heteroatoms. The molecule has 2 aromatic rings. The molecule has 4 nitrogen and oxygen atoms in total. The van der Waals surface area contributed by atoms with E-state index in [1.807, 2.05) is 38.1 Å². The lowest BCUT2D eigenvalue weighted by atomic mass is 10.1. The van der Waals surface area contributed by atoms with Crippen LogP contribution in [-0.2, 0) is 11.2 Å². The van der Waals surface area contributed by atoms with Crippen molar-refractivity contribution in [3.05, 3.63) is 62.0 Å². The summed E-state index contributed by atoms with van der Waals surface area (Å²) in [6.07, 6.45) is 0.995. The van der Waals surface area contributed by atoms with E-state index < -0.39 is 0 Å². The first-order chi connectivity index (χ1) is 11.9. The number of nitrogens with one attached hydrogen (secondary N) is 1. The van der Waals surface area contributed by atoms with E-state index in [4.69, 9.17) is 4.74 Å². The lowest BCUT2D eigenvalue weighted by molar-refractivity contribution is -0.123. The lowest BCUT2D eigenvalue weighted by Crippen LogP contribution is -2.25. The highest BCUT2D eigenvalue weighted by Gasteiger charge is 2.10. The number of rotatable bonds is 6. The fraction of sp³-hybridized carbons (Fsp3) is 0.263. The maximum atomic E-state index is 12.0. The van der Waals surface area contributed by atoms with Crippen molar-refractivity contribution < 1.29 is 9.53 Å². The second-order valence-corrected chi connectivity index (χ2v) is 7.34. The van der Waals surface area contributed by atoms with Crippen molar-refractivity contribution in [2.45, 2.75) is 27.2 Å². The Morgan fingerprint density at radius 2 is 1.76 bits per heavy atom. The zero-order chi connectivity index (χ0) is 18.4. The van der Waals surface area contributed by atoms with Crippen molar-refractivity contribution in [3.63, 3.8) is 0 Å². The summed E-state index contributed by atoms with van der Waals surface area (Å²) in [7, 11) is 0. The van der Waals surface area contributed by atoms with Crippen LogP contribution in [0.25, 0.3) is 0 Å². The molecular formula is C19H20Br2N2O2. The summed E-state index contributed by atoms with van der Waals surface area (Å²) in [5.74, 6) is 0.278. The Labute approximate surface area is 164 Å². The molecule has 0 aliphatic heterocycles. The second-order valence-electron chi connectivity index (χ2n) is 5.63. The molecule has 0 aliphatic carbocycles. The Hall–Kier alpha value is -1.66. The highest BCUT2D eigenvalue weighted by Crippen LogP contribution is 2.34. The summed E-state index contributed by atoms with van der Waals surface area (Å²) in [6.45, 7) is 5.83. The van der Waals surface area contributed by atoms with Crippen LogP contribution >= 0.6 is 31.9 Å². The molecule has 1 N–H and O–H groups in total. The molecule has 25 heavy (non-hydrogen) atoms. The van der Waals surface area contributed by atoms with Crippen LogP contribution in [0.1, 0.15) is 30.5 Å². The molecule has 0 aromatic heterocycles. The molecule has 0 radical (unpaired) electrons. The largest absolute Gasteiger partial charge is 0.481 e. The van der Waals surface area contributed by atoms with Gasteiger partial charge in [0.1, 0.15) is 5.75 Å². The fourth-order valence-electron chi connectivity index (χ4n) is 2.19. The standard InChI is InChI=1S/C19H20Br2N2O2/c1-4-14-5-7-15(8-6-14)13(3)22-23-18(24)11-25-19-16(20)9-12(2)10-17(19)21/h5-10H,4,11H2,1-3H3,(H,23,24). The van der Waals surface area contributed by atoms with Crippen LogP contribution in [0.2, 0.25) is 0 Å². The van der Waals surface area contributed by atoms with E-state index in [9.17, 15) is 4.79 Å². The number of carbonyl (C=O) groups is 1. The van der Waals surface area contributed by atoms with Crippen molar-refractivity contribution in [1.82, 2.24) is 5.43 Å². The van der Waals surface area contributed by atoms with Crippen molar-refractivity contribution in [2.24, 2.45) is 5.10 Å². The number of amides is 1. The number of carbonyl (C=O) groups excluding carboxylic acids is 1. The van der Waals surface area contributed by atoms with Gasteiger partial charge in [-0.3, -0.25) is 4.79 Å². The van der Waals surface area contributed by atoms with Gasteiger partial charge < -0.3 is 4.74 Å². The number of nitrogens with zero attached hydrogens (tertiary/aromatic N) is 1. The van der Waals surface area contributed by atoms with Gasteiger partial charge in [-0.1, -0.05) is 31.2 Å². The van der Waals surface area contributed by atoms with Crippen LogP contribution in [0.3, 0.4) is 0 Å². The van der Waals surface area contributed by atoms with Gasteiger partial charge in [-0.05, 0) is 81.0 Å². The minimum absolute atomic E-state index is 0.119. The first-order valence-electron chi connectivity index (χ1n) is 7.91. The van der Waals surface area contributed by atoms with Gasteiger partial charge in [0.25, 0.3) is 5.91 Å². The molecule has 0 heterocycles. The third-order valence-corrected chi connectivity index (χ3v) is 4.80. The summed E-state index contributed by atoms with van der Waals surface area (Å²) < 4.78 is 7.17. The minimum atomic E-state index is -0.316. The van der Waals surface area contributed by atoms with Gasteiger partial charge in [0.05, 0.1) is 14.7 Å². The first kappa shape index (κ1) is 19.7. The normalized spacial score (nSPS) is 11.3. The number of hydrazone groups is 1. The fourth-order valence-corrected chi connectivity index (χ4v) is 3.83. The molecular weight excluding hydrogens is 448 g/mol. The van der Waals surface area contributed by atoms with E-state index in [-0.39, 0.29) is 12.5 Å². The van der Waals surface area contributed by atoms with Crippen LogP contribution < -0.4 is 10.2 Å². The zero-order valence-corrected chi connectivity index (χ0v) is 17.6. The predicted molar refractivity (Wildman–Crippen MR) is 108 cm³/mol. The summed E-state index contributed by atoms with van der Waals surface area (Å²) in [6, 6.07) is 12.0. The number of halogens is 2. The third-order valence-electron chi connectivity index (χ3n) is 3.62. The van der Waals surface area contributed by atoms with Crippen LogP contribution in [0.15, 0.2) is 50.4 Å². The van der Waals surface area contributed by atoms with E-state index in [1.165, 1.54) is 5.56 Å². The number of ether oxygens (including phenoxy) is 1. The highest BCUT2D eigenvalue weighted by atomic mass is 79.9. The zero-order valence-electron chi connectivity index (χ0n) is 14.4. The van der Waals surface area contributed by atoms with Crippen molar-refractivity contribution in [3.8, 4) is 5.75 Å². The van der Waals surface area contributed by atoms with Gasteiger partial charge in [-0.25, -0.2) is 5.43 Å². The quantitative estimate of drug-likeness (QED) is 0.480. The van der Waals surface area contributed by atoms with Crippen LogP contribution in [0.4, 0.5) is 0 Å². The molecule has 0 saturated heterocycles. The maximum absolute atomic E-state index is 12.0. The molecule has 0 saturated carbocycles. The third kappa shape index (κ3) is 5.68. The van der Waals surface area contributed by atoms with Crippen molar-refractivity contribution in [2.75, 3.05) is 6.61 Å². The minimum Gasteiger partial charge on any atom is -0.481 e. The predicted octanol–water partition coefficient (Wildman–Crippen LogP) is 5.00. The molecule has 0 unspecified atom stereocenters. The lowest BCUT2D eigenvalue weighted by Gasteiger charge is -2.10. The Kier molecular flexibility index (Phi) is 7.20. The SMILES string of the molecule is CCc1ccc(C(C)=NNC(=O)COc2c(Br)cc(C)cc2Br)cc1. The molecule has 132 valence electrons. The number of hydrogen-bond donors (Lipinski definition) is 1. The molecule has 2 aromatic carbocycles. The molecule has 0 spiro atoms. The average Bonchev–Trinajstić information content (AvgIpc) is 2.58. The Bertz CT molecular complexity index is 764. The topological polar surface area (TPSA) is 50.7 Å². The Balaban J connectivity index is 1.93. The molecule has 0 aliphatic rings. The average molecular weight is 468 g/mol. The van der Waals surface area contributed by atoms with Gasteiger partial charge >= 0.3 is 0 Å². The summed E-state index contributed by atoms with van der Waals surface area (Å²) in [5.41, 5.74) is 6.60. The number of hydrogen-bond acceptors (Lipinski definition) is 3. The maximum Gasteiger partial charge on any atom is 0.277 e. The van der Waals surface area contributed by atoms with E-state index in [1.54, 1.807) is 0 Å². The van der Waals surface area contributed by atoms with Crippen LogP contribution in [0.5, 0.6) is 5.75 Å². The van der Waals surface area contributed by atoms with E-state index >= 15 is 0 Å². The van der Waals surface area contributed by atoms with Gasteiger partial charge in [0.15, 0.2) is 6.61 Å². The van der Waals surface area contributed by atoms with Crippen molar-refractivity contribution >= 4 is 43.5 Å². The van der Waals surface area contributed by atoms with Gasteiger partial charge in [0.2, 0.25) is 0 Å². The molecule has 1 amide bonds. The van der Waals surface area contributed by atoms with Crippen LogP contribution in [0, 0.1) is 6.92 Å². The monoisotopic (exact) mass is 466 g/mol. The smallest absolute Gasteiger partial charge is 0.277 e. The van der Waals surface area contributed by atoms with Gasteiger partial charge in [-0.2, -0.15) is 5.10 Å². The number of benzene rings is 2. The highest BCUT2D eigenvalue weighted by molar-refractivity contribution is 9.11. The molecule has 0 bridgehead atoms. The molecule has 2 rings (SSSR count). The first-order valence-corrected chi connectivity index (χ1v) is 9.50. The summed E-state index contributed by atoms with van der Waals surface area (Å²) >= 11 is 6.88. The number of aryl methyl sites for hydroxylation is 2. The van der Waals surface area contributed by atoms with E-state index in [0.29, 0.717) is 5.75 Å². The van der Waals surface area contributed by atoms with E-state index in [2.05, 4.69) is 61.4 Å². The van der Waals surface area contributed by atoms with E-state index in [0.717, 1.165) is 32.2 Å². The summed E-state index contributed by atoms with van der Waals surface area (Å²) in [5, 5.41) is 4.13.